The molecule has 2 rings (SSSR count). The van der Waals surface area contributed by atoms with Crippen molar-refractivity contribution < 1.29 is 4.79 Å². The lowest BCUT2D eigenvalue weighted by atomic mass is 10.6. The van der Waals surface area contributed by atoms with Crippen LogP contribution in [0.5, 0.6) is 0 Å². The first kappa shape index (κ1) is 13.3. The summed E-state index contributed by atoms with van der Waals surface area (Å²) in [7, 11) is 0. The SMILES string of the molecule is CC.CC(C)=O.c1cnc2ccnn2c1. The van der Waals surface area contributed by atoms with Crippen LogP contribution in [0.3, 0.4) is 0 Å². The zero-order valence-corrected chi connectivity index (χ0v) is 9.64. The van der Waals surface area contributed by atoms with E-state index in [1.807, 2.05) is 32.2 Å². The van der Waals surface area contributed by atoms with Gasteiger partial charge in [0, 0.05) is 18.5 Å². The molecule has 0 aliphatic rings. The fourth-order valence-corrected chi connectivity index (χ4v) is 0.764. The fraction of sp³-hybridized carbons (Fsp3) is 0.364. The molecule has 15 heavy (non-hydrogen) atoms. The highest BCUT2D eigenvalue weighted by Gasteiger charge is 1.86. The molecule has 0 saturated heterocycles. The van der Waals surface area contributed by atoms with Crippen molar-refractivity contribution in [3.8, 4) is 0 Å². The van der Waals surface area contributed by atoms with Gasteiger partial charge in [-0.3, -0.25) is 0 Å². The summed E-state index contributed by atoms with van der Waals surface area (Å²) in [4.78, 5) is 13.5. The third-order valence-electron chi connectivity index (χ3n) is 1.17. The number of hydrogen-bond acceptors (Lipinski definition) is 3. The van der Waals surface area contributed by atoms with Crippen molar-refractivity contribution in [1.29, 1.82) is 0 Å². The van der Waals surface area contributed by atoms with Gasteiger partial charge in [-0.1, -0.05) is 13.8 Å². The minimum absolute atomic E-state index is 0.167. The van der Waals surface area contributed by atoms with Gasteiger partial charge in [0.05, 0.1) is 6.20 Å². The summed E-state index contributed by atoms with van der Waals surface area (Å²) < 4.78 is 1.72. The largest absolute Gasteiger partial charge is 0.300 e. The summed E-state index contributed by atoms with van der Waals surface area (Å²) in [5, 5.41) is 3.97. The molecule has 0 unspecified atom stereocenters. The highest BCUT2D eigenvalue weighted by Crippen LogP contribution is 1.93. The Morgan fingerprint density at radius 1 is 1.27 bits per heavy atom. The Kier molecular flexibility index (Phi) is 6.80. The molecular formula is C11H17N3O. The molecule has 0 fully saturated rings. The topological polar surface area (TPSA) is 47.3 Å². The molecule has 0 amide bonds. The third-order valence-corrected chi connectivity index (χ3v) is 1.17. The normalized spacial score (nSPS) is 8.27. The average Bonchev–Trinajstić information content (AvgIpc) is 2.67. The molecule has 2 heterocycles. The van der Waals surface area contributed by atoms with Crippen molar-refractivity contribution in [3.63, 3.8) is 0 Å². The highest BCUT2D eigenvalue weighted by atomic mass is 16.1. The van der Waals surface area contributed by atoms with Gasteiger partial charge in [-0.2, -0.15) is 5.10 Å². The van der Waals surface area contributed by atoms with Gasteiger partial charge in [-0.25, -0.2) is 9.50 Å². The maximum Gasteiger partial charge on any atom is 0.154 e. The molecule has 0 bridgehead atoms. The summed E-state index contributed by atoms with van der Waals surface area (Å²) in [6, 6.07) is 3.71. The van der Waals surface area contributed by atoms with Gasteiger partial charge in [-0.15, -0.1) is 0 Å². The van der Waals surface area contributed by atoms with Crippen molar-refractivity contribution in [2.45, 2.75) is 27.7 Å². The average molecular weight is 207 g/mol. The van der Waals surface area contributed by atoms with Crippen LogP contribution < -0.4 is 0 Å². The summed E-state index contributed by atoms with van der Waals surface area (Å²) >= 11 is 0. The molecule has 0 spiro atoms. The Balaban J connectivity index is 0.000000282. The maximum atomic E-state index is 9.44. The Hall–Kier alpha value is -1.71. The molecule has 0 aliphatic heterocycles. The third kappa shape index (κ3) is 5.57. The monoisotopic (exact) mass is 207 g/mol. The fourth-order valence-electron chi connectivity index (χ4n) is 0.764. The summed E-state index contributed by atoms with van der Waals surface area (Å²) in [6.45, 7) is 7.06. The van der Waals surface area contributed by atoms with Crippen LogP contribution in [0.2, 0.25) is 0 Å². The zero-order valence-electron chi connectivity index (χ0n) is 9.64. The van der Waals surface area contributed by atoms with Crippen molar-refractivity contribution in [2.24, 2.45) is 0 Å². The van der Waals surface area contributed by atoms with Crippen LogP contribution in [0.4, 0.5) is 0 Å². The molecule has 0 atom stereocenters. The minimum Gasteiger partial charge on any atom is -0.300 e. The second kappa shape index (κ2) is 7.67. The second-order valence-corrected chi connectivity index (χ2v) is 2.66. The molecule has 82 valence electrons. The van der Waals surface area contributed by atoms with Gasteiger partial charge < -0.3 is 4.79 Å². The molecule has 0 N–H and O–H groups in total. The number of fused-ring (bicyclic) bond motifs is 1. The van der Waals surface area contributed by atoms with E-state index < -0.39 is 0 Å². The number of nitrogens with zero attached hydrogens (tertiary/aromatic N) is 3. The highest BCUT2D eigenvalue weighted by molar-refractivity contribution is 5.72. The van der Waals surface area contributed by atoms with Gasteiger partial charge in [0.15, 0.2) is 5.65 Å². The van der Waals surface area contributed by atoms with Crippen LogP contribution in [0, 0.1) is 0 Å². The maximum absolute atomic E-state index is 9.44. The van der Waals surface area contributed by atoms with Gasteiger partial charge in [0.2, 0.25) is 0 Å². The van der Waals surface area contributed by atoms with Crippen LogP contribution in [-0.2, 0) is 4.79 Å². The molecule has 0 aliphatic carbocycles. The second-order valence-electron chi connectivity index (χ2n) is 2.66. The quantitative estimate of drug-likeness (QED) is 0.666. The molecular weight excluding hydrogens is 190 g/mol. The number of ketones is 1. The molecule has 0 radical (unpaired) electrons. The lowest BCUT2D eigenvalue weighted by Crippen LogP contribution is -1.85. The van der Waals surface area contributed by atoms with E-state index in [1.54, 1.807) is 16.9 Å². The van der Waals surface area contributed by atoms with Crippen molar-refractivity contribution in [3.05, 3.63) is 30.7 Å². The van der Waals surface area contributed by atoms with Crippen LogP contribution in [0.15, 0.2) is 30.7 Å². The van der Waals surface area contributed by atoms with E-state index in [0.29, 0.717) is 0 Å². The molecule has 4 nitrogen and oxygen atoms in total. The standard InChI is InChI=1S/C6H5N3.C3H6O.C2H6/c1-3-7-6-2-4-8-9(6)5-1;1-3(2)4;1-2/h1-5H;1-2H3;1-2H3. The molecule has 2 aromatic rings. The van der Waals surface area contributed by atoms with Gasteiger partial charge in [0.1, 0.15) is 5.78 Å². The number of hydrogen-bond donors (Lipinski definition) is 0. The van der Waals surface area contributed by atoms with Crippen molar-refractivity contribution in [1.82, 2.24) is 14.6 Å². The number of rotatable bonds is 0. The van der Waals surface area contributed by atoms with E-state index >= 15 is 0 Å². The van der Waals surface area contributed by atoms with Gasteiger partial charge in [-0.05, 0) is 19.9 Å². The van der Waals surface area contributed by atoms with Crippen LogP contribution in [0.1, 0.15) is 27.7 Å². The summed E-state index contributed by atoms with van der Waals surface area (Å²) in [5.41, 5.74) is 0.887. The van der Waals surface area contributed by atoms with Crippen LogP contribution in [0.25, 0.3) is 5.65 Å². The molecule has 0 aromatic carbocycles. The molecule has 2 aromatic heterocycles. The number of carbonyl (C=O) groups excluding carboxylic acids is 1. The first-order chi connectivity index (χ1) is 7.20. The van der Waals surface area contributed by atoms with E-state index in [0.717, 1.165) is 5.65 Å². The zero-order chi connectivity index (χ0) is 11.7. The van der Waals surface area contributed by atoms with E-state index in [9.17, 15) is 4.79 Å². The van der Waals surface area contributed by atoms with Crippen LogP contribution in [-0.4, -0.2) is 20.4 Å². The predicted molar refractivity (Wildman–Crippen MR) is 60.7 cm³/mol. The van der Waals surface area contributed by atoms with Crippen LogP contribution >= 0.6 is 0 Å². The Bertz CT molecular complexity index is 361. The summed E-state index contributed by atoms with van der Waals surface area (Å²) in [6.07, 6.45) is 5.34. The number of carbonyl (C=O) groups is 1. The minimum atomic E-state index is 0.167. The van der Waals surface area contributed by atoms with E-state index in [-0.39, 0.29) is 5.78 Å². The first-order valence-corrected chi connectivity index (χ1v) is 4.91. The van der Waals surface area contributed by atoms with Gasteiger partial charge in [0.25, 0.3) is 0 Å². The van der Waals surface area contributed by atoms with E-state index in [2.05, 4.69) is 10.1 Å². The van der Waals surface area contributed by atoms with Crippen molar-refractivity contribution >= 4 is 11.4 Å². The Morgan fingerprint density at radius 2 is 1.87 bits per heavy atom. The lowest BCUT2D eigenvalue weighted by molar-refractivity contribution is -0.114. The predicted octanol–water partition coefficient (Wildman–Crippen LogP) is 2.35. The summed E-state index contributed by atoms with van der Waals surface area (Å²) in [5.74, 6) is 0.167. The van der Waals surface area contributed by atoms with Crippen molar-refractivity contribution in [2.75, 3.05) is 0 Å². The van der Waals surface area contributed by atoms with E-state index in [4.69, 9.17) is 0 Å². The smallest absolute Gasteiger partial charge is 0.154 e. The number of aromatic nitrogens is 3. The first-order valence-electron chi connectivity index (χ1n) is 4.91. The molecule has 4 heteroatoms. The van der Waals surface area contributed by atoms with Gasteiger partial charge >= 0.3 is 0 Å². The Morgan fingerprint density at radius 3 is 2.40 bits per heavy atom. The lowest BCUT2D eigenvalue weighted by Gasteiger charge is -1.85. The Labute approximate surface area is 90.0 Å². The molecule has 0 saturated carbocycles. The number of Topliss-reactive ketones (excluding diaryl/α,β-unsaturated/α-hetero) is 1. The van der Waals surface area contributed by atoms with E-state index in [1.165, 1.54) is 13.8 Å².